The molecule has 0 radical (unpaired) electrons. The van der Waals surface area contributed by atoms with Gasteiger partial charge in [0.05, 0.1) is 5.69 Å². The predicted molar refractivity (Wildman–Crippen MR) is 63.1 cm³/mol. The van der Waals surface area contributed by atoms with Gasteiger partial charge in [0.25, 0.3) is 5.89 Å². The van der Waals surface area contributed by atoms with Crippen molar-refractivity contribution in [3.05, 3.63) is 11.6 Å². The lowest BCUT2D eigenvalue weighted by molar-refractivity contribution is -0.137. The highest BCUT2D eigenvalue weighted by Crippen LogP contribution is 2.24. The van der Waals surface area contributed by atoms with Crippen molar-refractivity contribution in [1.29, 1.82) is 0 Å². The molecule has 2 heterocycles. The summed E-state index contributed by atoms with van der Waals surface area (Å²) >= 11 is 1.21. The maximum absolute atomic E-state index is 10.3. The van der Waals surface area contributed by atoms with Crippen LogP contribution >= 0.6 is 11.5 Å². The molecule has 7 nitrogen and oxygen atoms in total. The first-order chi connectivity index (χ1) is 8.66. The van der Waals surface area contributed by atoms with Gasteiger partial charge < -0.3 is 9.52 Å². The van der Waals surface area contributed by atoms with E-state index in [1.165, 1.54) is 11.5 Å². The van der Waals surface area contributed by atoms with Crippen LogP contribution in [0.3, 0.4) is 0 Å². The van der Waals surface area contributed by atoms with Gasteiger partial charge in [-0.15, -0.1) is 15.3 Å². The normalized spacial score (nSPS) is 10.7. The number of aromatic nitrogens is 4. The number of carbonyl (C=O) groups is 1. The molecular formula is C10H12N4O3S. The second kappa shape index (κ2) is 5.67. The first kappa shape index (κ1) is 12.6. The summed E-state index contributed by atoms with van der Waals surface area (Å²) in [6, 6.07) is 0. The van der Waals surface area contributed by atoms with Gasteiger partial charge >= 0.3 is 5.97 Å². The summed E-state index contributed by atoms with van der Waals surface area (Å²) in [5.41, 5.74) is 0.765. The van der Waals surface area contributed by atoms with Crippen LogP contribution in [0.1, 0.15) is 30.8 Å². The molecule has 0 atom stereocenters. The number of carboxylic acids is 1. The van der Waals surface area contributed by atoms with Crippen LogP contribution in [-0.2, 0) is 11.2 Å². The zero-order valence-corrected chi connectivity index (χ0v) is 10.6. The predicted octanol–water partition coefficient (Wildman–Crippen LogP) is 1.69. The van der Waals surface area contributed by atoms with Crippen molar-refractivity contribution in [2.75, 3.05) is 0 Å². The Morgan fingerprint density at radius 2 is 2.17 bits per heavy atom. The van der Waals surface area contributed by atoms with Crippen molar-refractivity contribution in [2.45, 2.75) is 32.6 Å². The Hall–Kier alpha value is -1.83. The van der Waals surface area contributed by atoms with Gasteiger partial charge in [-0.05, 0) is 31.3 Å². The molecule has 0 amide bonds. The molecule has 0 fully saturated rings. The third kappa shape index (κ3) is 3.10. The average molecular weight is 268 g/mol. The van der Waals surface area contributed by atoms with Gasteiger partial charge in [0.2, 0.25) is 5.89 Å². The van der Waals surface area contributed by atoms with Gasteiger partial charge in [0.15, 0.2) is 0 Å². The summed E-state index contributed by atoms with van der Waals surface area (Å²) < 4.78 is 9.28. The molecule has 8 heteroatoms. The first-order valence-corrected chi connectivity index (χ1v) is 6.27. The van der Waals surface area contributed by atoms with Crippen LogP contribution in [0.5, 0.6) is 0 Å². The van der Waals surface area contributed by atoms with E-state index in [0.29, 0.717) is 31.0 Å². The molecule has 0 unspecified atom stereocenters. The zero-order valence-electron chi connectivity index (χ0n) is 9.79. The van der Waals surface area contributed by atoms with E-state index < -0.39 is 5.97 Å². The van der Waals surface area contributed by atoms with Gasteiger partial charge in [0.1, 0.15) is 4.88 Å². The summed E-state index contributed by atoms with van der Waals surface area (Å²) in [7, 11) is 0. The number of hydrogen-bond donors (Lipinski definition) is 1. The van der Waals surface area contributed by atoms with E-state index in [0.717, 1.165) is 10.6 Å². The van der Waals surface area contributed by atoms with Crippen molar-refractivity contribution >= 4 is 17.5 Å². The Kier molecular flexibility index (Phi) is 3.98. The lowest BCUT2D eigenvalue weighted by Gasteiger charge is -1.93. The van der Waals surface area contributed by atoms with Gasteiger partial charge in [-0.2, -0.15) is 0 Å². The van der Waals surface area contributed by atoms with Crippen molar-refractivity contribution < 1.29 is 14.3 Å². The Labute approximate surface area is 107 Å². The number of hydrogen-bond acceptors (Lipinski definition) is 7. The van der Waals surface area contributed by atoms with Gasteiger partial charge in [-0.25, -0.2) is 0 Å². The topological polar surface area (TPSA) is 102 Å². The lowest BCUT2D eigenvalue weighted by Crippen LogP contribution is -1.95. The third-order valence-electron chi connectivity index (χ3n) is 2.34. The fourth-order valence-corrected chi connectivity index (χ4v) is 2.01. The highest BCUT2D eigenvalue weighted by Gasteiger charge is 2.14. The minimum atomic E-state index is -0.785. The number of rotatable bonds is 6. The van der Waals surface area contributed by atoms with Crippen LogP contribution in [0.25, 0.3) is 10.8 Å². The second-order valence-corrected chi connectivity index (χ2v) is 4.54. The fraction of sp³-hybridized carbons (Fsp3) is 0.500. The van der Waals surface area contributed by atoms with Crippen molar-refractivity contribution in [3.8, 4) is 10.8 Å². The molecule has 0 saturated heterocycles. The molecule has 0 bridgehead atoms. The van der Waals surface area contributed by atoms with Crippen LogP contribution in [0.4, 0.5) is 0 Å². The van der Waals surface area contributed by atoms with Crippen LogP contribution < -0.4 is 0 Å². The van der Waals surface area contributed by atoms with E-state index in [9.17, 15) is 4.79 Å². The summed E-state index contributed by atoms with van der Waals surface area (Å²) in [5.74, 6) is 0.159. The Bertz CT molecular complexity index is 537. The van der Waals surface area contributed by atoms with E-state index in [1.54, 1.807) is 0 Å². The first-order valence-electron chi connectivity index (χ1n) is 5.50. The van der Waals surface area contributed by atoms with E-state index in [4.69, 9.17) is 9.52 Å². The number of nitrogens with zero attached hydrogens (tertiary/aromatic N) is 4. The molecule has 18 heavy (non-hydrogen) atoms. The molecule has 2 aromatic heterocycles. The molecule has 0 aromatic carbocycles. The van der Waals surface area contributed by atoms with Gasteiger partial charge in [-0.3, -0.25) is 4.79 Å². The van der Waals surface area contributed by atoms with Gasteiger partial charge in [-0.1, -0.05) is 4.49 Å². The van der Waals surface area contributed by atoms with E-state index in [-0.39, 0.29) is 6.42 Å². The molecule has 96 valence electrons. The SMILES string of the molecule is Cc1nnsc1-c1nnc(CCCCC(=O)O)o1. The Morgan fingerprint density at radius 1 is 1.33 bits per heavy atom. The molecule has 2 rings (SSSR count). The van der Waals surface area contributed by atoms with Crippen molar-refractivity contribution in [2.24, 2.45) is 0 Å². The van der Waals surface area contributed by atoms with Crippen LogP contribution in [0, 0.1) is 6.92 Å². The summed E-state index contributed by atoms with van der Waals surface area (Å²) in [6.45, 7) is 1.83. The molecule has 0 aliphatic heterocycles. The molecule has 0 aliphatic rings. The number of carboxylic acid groups (broad SMARTS) is 1. The van der Waals surface area contributed by atoms with E-state index in [1.807, 2.05) is 6.92 Å². The fourth-order valence-electron chi connectivity index (χ4n) is 1.43. The van der Waals surface area contributed by atoms with Crippen LogP contribution in [-0.4, -0.2) is 30.9 Å². The number of aryl methyl sites for hydroxylation is 2. The molecule has 0 aliphatic carbocycles. The molecule has 0 spiro atoms. The Balaban J connectivity index is 1.91. The summed E-state index contributed by atoms with van der Waals surface area (Å²) in [4.78, 5) is 11.1. The number of unbranched alkanes of at least 4 members (excludes halogenated alkanes) is 1. The molecule has 0 saturated carbocycles. The molecule has 1 N–H and O–H groups in total. The number of aliphatic carboxylic acids is 1. The smallest absolute Gasteiger partial charge is 0.303 e. The minimum Gasteiger partial charge on any atom is -0.481 e. The summed E-state index contributed by atoms with van der Waals surface area (Å²) in [5, 5.41) is 20.2. The standard InChI is InChI=1S/C10H12N4O3S/c1-6-9(18-14-11-6)10-13-12-7(17-10)4-2-3-5-8(15)16/h2-5H2,1H3,(H,15,16). The lowest BCUT2D eigenvalue weighted by atomic mass is 10.2. The largest absolute Gasteiger partial charge is 0.481 e. The van der Waals surface area contributed by atoms with Crippen LogP contribution in [0.15, 0.2) is 4.42 Å². The van der Waals surface area contributed by atoms with E-state index in [2.05, 4.69) is 19.8 Å². The highest BCUT2D eigenvalue weighted by atomic mass is 32.1. The van der Waals surface area contributed by atoms with E-state index >= 15 is 0 Å². The monoisotopic (exact) mass is 268 g/mol. The second-order valence-electron chi connectivity index (χ2n) is 3.79. The average Bonchev–Trinajstić information content (AvgIpc) is 2.92. The molecular weight excluding hydrogens is 256 g/mol. The van der Waals surface area contributed by atoms with Crippen LogP contribution in [0.2, 0.25) is 0 Å². The van der Waals surface area contributed by atoms with Gasteiger partial charge in [0, 0.05) is 12.8 Å². The molecule has 2 aromatic rings. The highest BCUT2D eigenvalue weighted by molar-refractivity contribution is 7.09. The maximum atomic E-state index is 10.3. The maximum Gasteiger partial charge on any atom is 0.303 e. The third-order valence-corrected chi connectivity index (χ3v) is 3.16. The minimum absolute atomic E-state index is 0.166. The van der Waals surface area contributed by atoms with Crippen molar-refractivity contribution in [1.82, 2.24) is 19.8 Å². The summed E-state index contributed by atoms with van der Waals surface area (Å²) in [6.07, 6.45) is 2.08. The van der Waals surface area contributed by atoms with Crippen molar-refractivity contribution in [3.63, 3.8) is 0 Å². The zero-order chi connectivity index (χ0) is 13.0. The Morgan fingerprint density at radius 3 is 2.83 bits per heavy atom. The quantitative estimate of drug-likeness (QED) is 0.795.